The molecule has 2 aliphatic rings. The van der Waals surface area contributed by atoms with Crippen LogP contribution >= 0.6 is 11.8 Å². The molecule has 3 heterocycles. The summed E-state index contributed by atoms with van der Waals surface area (Å²) in [6.07, 6.45) is 1.60. The van der Waals surface area contributed by atoms with Crippen molar-refractivity contribution in [3.8, 4) is 0 Å². The second-order valence-corrected chi connectivity index (χ2v) is 9.36. The number of para-hydroxylation sites is 1. The van der Waals surface area contributed by atoms with Gasteiger partial charge in [-0.3, -0.25) is 14.4 Å². The highest BCUT2D eigenvalue weighted by molar-refractivity contribution is 8.00. The van der Waals surface area contributed by atoms with Crippen LogP contribution in [0.3, 0.4) is 0 Å². The van der Waals surface area contributed by atoms with Gasteiger partial charge in [-0.15, -0.1) is 11.8 Å². The maximum Gasteiger partial charge on any atom is 0.256 e. The molecule has 3 aromatic rings. The third kappa shape index (κ3) is 5.11. The van der Waals surface area contributed by atoms with E-state index in [9.17, 15) is 14.4 Å². The van der Waals surface area contributed by atoms with Gasteiger partial charge in [-0.2, -0.15) is 0 Å². The maximum absolute atomic E-state index is 13.0. The van der Waals surface area contributed by atoms with Crippen LogP contribution in [0, 0.1) is 0 Å². The van der Waals surface area contributed by atoms with Gasteiger partial charge in [0.05, 0.1) is 43.0 Å². The fraction of sp³-hybridized carbons (Fsp3) is 0.269. The Morgan fingerprint density at radius 3 is 2.51 bits per heavy atom. The lowest BCUT2D eigenvalue weighted by molar-refractivity contribution is -0.128. The first-order valence-electron chi connectivity index (χ1n) is 11.4. The van der Waals surface area contributed by atoms with E-state index < -0.39 is 0 Å². The number of amides is 3. The molecule has 5 rings (SSSR count). The van der Waals surface area contributed by atoms with Crippen molar-refractivity contribution in [2.75, 3.05) is 37.4 Å². The minimum atomic E-state index is -0.304. The van der Waals surface area contributed by atoms with Crippen LogP contribution in [0.25, 0.3) is 0 Å². The van der Waals surface area contributed by atoms with Crippen molar-refractivity contribution in [1.82, 2.24) is 9.80 Å². The molecule has 0 unspecified atom stereocenters. The van der Waals surface area contributed by atoms with E-state index in [-0.39, 0.29) is 23.1 Å². The second kappa shape index (κ2) is 10.4. The fourth-order valence-corrected chi connectivity index (χ4v) is 5.37. The van der Waals surface area contributed by atoms with E-state index in [0.29, 0.717) is 55.4 Å². The van der Waals surface area contributed by atoms with E-state index in [1.807, 2.05) is 18.2 Å². The molecule has 0 aliphatic carbocycles. The van der Waals surface area contributed by atoms with Crippen LogP contribution in [-0.4, -0.2) is 59.6 Å². The molecule has 0 saturated carbocycles. The van der Waals surface area contributed by atoms with E-state index in [4.69, 9.17) is 9.15 Å². The van der Waals surface area contributed by atoms with Crippen LogP contribution < -0.4 is 5.32 Å². The van der Waals surface area contributed by atoms with E-state index in [0.717, 1.165) is 11.3 Å². The van der Waals surface area contributed by atoms with Crippen molar-refractivity contribution in [3.05, 3.63) is 89.4 Å². The molecule has 1 N–H and O–H groups in total. The molecule has 3 amide bonds. The van der Waals surface area contributed by atoms with Crippen LogP contribution in [0.1, 0.15) is 37.4 Å². The number of carbonyl (C=O) groups is 3. The highest BCUT2D eigenvalue weighted by atomic mass is 32.2. The zero-order chi connectivity index (χ0) is 24.2. The predicted molar refractivity (Wildman–Crippen MR) is 132 cm³/mol. The molecular formula is C26H25N3O5S. The summed E-state index contributed by atoms with van der Waals surface area (Å²) < 4.78 is 10.7. The van der Waals surface area contributed by atoms with E-state index >= 15 is 0 Å². The minimum absolute atomic E-state index is 0.0553. The van der Waals surface area contributed by atoms with Gasteiger partial charge in [0.1, 0.15) is 11.1 Å². The largest absolute Gasteiger partial charge is 0.467 e. The van der Waals surface area contributed by atoms with E-state index in [2.05, 4.69) is 5.32 Å². The SMILES string of the molecule is O=C(Nc1ccccc1C(=O)N1CCOCC1)c1ccc([C@H]2SCC(=O)N2Cc2ccco2)cc1. The van der Waals surface area contributed by atoms with Crippen LogP contribution in [0.4, 0.5) is 5.69 Å². The first kappa shape index (κ1) is 23.2. The maximum atomic E-state index is 13.0. The molecule has 8 nitrogen and oxygen atoms in total. The van der Waals surface area contributed by atoms with Gasteiger partial charge in [0.15, 0.2) is 0 Å². The zero-order valence-electron chi connectivity index (χ0n) is 19.0. The summed E-state index contributed by atoms with van der Waals surface area (Å²) in [6.45, 7) is 2.48. The molecule has 2 aromatic carbocycles. The lowest BCUT2D eigenvalue weighted by Gasteiger charge is -2.27. The standard InChI is InChI=1S/C26H25N3O5S/c30-23-17-35-26(29(23)16-20-4-3-13-34-20)19-9-7-18(8-10-19)24(31)27-22-6-2-1-5-21(22)25(32)28-11-14-33-15-12-28/h1-10,13,26H,11-12,14-17H2,(H,27,31)/t26-/m1/s1. The molecule has 2 saturated heterocycles. The molecule has 0 bridgehead atoms. The normalized spacial score (nSPS) is 18.1. The number of nitrogens with one attached hydrogen (secondary N) is 1. The molecular weight excluding hydrogens is 466 g/mol. The molecule has 1 atom stereocenters. The van der Waals surface area contributed by atoms with Crippen LogP contribution in [0.15, 0.2) is 71.3 Å². The van der Waals surface area contributed by atoms with Gasteiger partial charge in [0.25, 0.3) is 11.8 Å². The van der Waals surface area contributed by atoms with Crippen molar-refractivity contribution in [2.24, 2.45) is 0 Å². The van der Waals surface area contributed by atoms with Crippen molar-refractivity contribution < 1.29 is 23.5 Å². The number of morpholine rings is 1. The zero-order valence-corrected chi connectivity index (χ0v) is 19.8. The van der Waals surface area contributed by atoms with Gasteiger partial charge in [0, 0.05) is 18.7 Å². The monoisotopic (exact) mass is 491 g/mol. The van der Waals surface area contributed by atoms with Crippen molar-refractivity contribution in [1.29, 1.82) is 0 Å². The summed E-state index contributed by atoms with van der Waals surface area (Å²) in [6, 6.07) is 17.9. The average molecular weight is 492 g/mol. The van der Waals surface area contributed by atoms with Crippen molar-refractivity contribution in [2.45, 2.75) is 11.9 Å². The summed E-state index contributed by atoms with van der Waals surface area (Å²) in [4.78, 5) is 41.9. The quantitative estimate of drug-likeness (QED) is 0.564. The number of anilines is 1. The lowest BCUT2D eigenvalue weighted by atomic mass is 10.1. The third-order valence-electron chi connectivity index (χ3n) is 6.04. The summed E-state index contributed by atoms with van der Waals surface area (Å²) in [5.74, 6) is 0.758. The number of benzene rings is 2. The molecule has 2 aliphatic heterocycles. The molecule has 1 aromatic heterocycles. The van der Waals surface area contributed by atoms with Gasteiger partial charge < -0.3 is 24.3 Å². The van der Waals surface area contributed by atoms with E-state index in [1.165, 1.54) is 0 Å². The van der Waals surface area contributed by atoms with Crippen LogP contribution in [-0.2, 0) is 16.1 Å². The number of nitrogens with zero attached hydrogens (tertiary/aromatic N) is 2. The number of hydrogen-bond acceptors (Lipinski definition) is 6. The van der Waals surface area contributed by atoms with Gasteiger partial charge in [-0.05, 0) is 42.0 Å². The Kier molecular flexibility index (Phi) is 6.87. The number of carbonyl (C=O) groups excluding carboxylic acids is 3. The number of furan rings is 1. The van der Waals surface area contributed by atoms with Gasteiger partial charge in [-0.25, -0.2) is 0 Å². The molecule has 9 heteroatoms. The number of ether oxygens (including phenoxy) is 1. The Balaban J connectivity index is 1.28. The van der Waals surface area contributed by atoms with Gasteiger partial charge in [-0.1, -0.05) is 24.3 Å². The molecule has 180 valence electrons. The minimum Gasteiger partial charge on any atom is -0.467 e. The van der Waals surface area contributed by atoms with Crippen molar-refractivity contribution in [3.63, 3.8) is 0 Å². The highest BCUT2D eigenvalue weighted by Gasteiger charge is 2.33. The van der Waals surface area contributed by atoms with Crippen molar-refractivity contribution >= 4 is 35.2 Å². The Bertz CT molecular complexity index is 1210. The summed E-state index contributed by atoms with van der Waals surface area (Å²) in [7, 11) is 0. The topological polar surface area (TPSA) is 92.1 Å². The molecule has 2 fully saturated rings. The van der Waals surface area contributed by atoms with E-state index in [1.54, 1.807) is 70.3 Å². The molecule has 35 heavy (non-hydrogen) atoms. The summed E-state index contributed by atoms with van der Waals surface area (Å²) in [5.41, 5.74) is 2.33. The Morgan fingerprint density at radius 1 is 1.00 bits per heavy atom. The summed E-state index contributed by atoms with van der Waals surface area (Å²) in [5, 5.41) is 2.74. The highest BCUT2D eigenvalue weighted by Crippen LogP contribution is 2.39. The fourth-order valence-electron chi connectivity index (χ4n) is 4.18. The average Bonchev–Trinajstić information content (AvgIpc) is 3.55. The Labute approximate surface area is 207 Å². The number of hydrogen-bond donors (Lipinski definition) is 1. The first-order valence-corrected chi connectivity index (χ1v) is 12.5. The Hall–Kier alpha value is -3.56. The first-order chi connectivity index (χ1) is 17.1. The van der Waals surface area contributed by atoms with Gasteiger partial charge in [0.2, 0.25) is 5.91 Å². The predicted octanol–water partition coefficient (Wildman–Crippen LogP) is 3.78. The number of thioether (sulfide) groups is 1. The smallest absolute Gasteiger partial charge is 0.256 e. The van der Waals surface area contributed by atoms with Gasteiger partial charge >= 0.3 is 0 Å². The van der Waals surface area contributed by atoms with Crippen LogP contribution in [0.5, 0.6) is 0 Å². The molecule has 0 spiro atoms. The van der Waals surface area contributed by atoms with Crippen LogP contribution in [0.2, 0.25) is 0 Å². The molecule has 0 radical (unpaired) electrons. The summed E-state index contributed by atoms with van der Waals surface area (Å²) >= 11 is 1.55. The lowest BCUT2D eigenvalue weighted by Crippen LogP contribution is -2.41. The second-order valence-electron chi connectivity index (χ2n) is 8.29. The Morgan fingerprint density at radius 2 is 1.77 bits per heavy atom. The number of rotatable bonds is 6. The third-order valence-corrected chi connectivity index (χ3v) is 7.29.